The SMILES string of the molecule is C=C(C)CCOc1c(F)cc(CNC)cc1F. The van der Waals surface area contributed by atoms with E-state index in [0.717, 1.165) is 5.57 Å². The zero-order valence-electron chi connectivity index (χ0n) is 10.1. The molecule has 0 bridgehead atoms. The molecule has 0 heterocycles. The van der Waals surface area contributed by atoms with E-state index in [0.29, 0.717) is 18.5 Å². The quantitative estimate of drug-likeness (QED) is 0.773. The van der Waals surface area contributed by atoms with E-state index in [4.69, 9.17) is 4.74 Å². The smallest absolute Gasteiger partial charge is 0.190 e. The monoisotopic (exact) mass is 241 g/mol. The summed E-state index contributed by atoms with van der Waals surface area (Å²) in [6.07, 6.45) is 0.581. The van der Waals surface area contributed by atoms with Crippen LogP contribution in [0.25, 0.3) is 0 Å². The second kappa shape index (κ2) is 6.35. The fourth-order valence-electron chi connectivity index (χ4n) is 1.38. The molecular formula is C13H17F2NO. The fourth-order valence-corrected chi connectivity index (χ4v) is 1.38. The Morgan fingerprint density at radius 1 is 1.35 bits per heavy atom. The maximum atomic E-state index is 13.5. The van der Waals surface area contributed by atoms with Gasteiger partial charge in [0.2, 0.25) is 0 Å². The predicted octanol–water partition coefficient (Wildman–Crippen LogP) is 3.03. The Balaban J connectivity index is 2.75. The first-order chi connectivity index (χ1) is 8.04. The molecule has 0 saturated heterocycles. The number of rotatable bonds is 6. The molecule has 4 heteroatoms. The molecule has 17 heavy (non-hydrogen) atoms. The highest BCUT2D eigenvalue weighted by Gasteiger charge is 2.12. The van der Waals surface area contributed by atoms with E-state index in [-0.39, 0.29) is 12.4 Å². The van der Waals surface area contributed by atoms with Gasteiger partial charge in [0.15, 0.2) is 17.4 Å². The van der Waals surface area contributed by atoms with Crippen molar-refractivity contribution in [3.8, 4) is 5.75 Å². The summed E-state index contributed by atoms with van der Waals surface area (Å²) in [6.45, 7) is 6.18. The molecule has 0 radical (unpaired) electrons. The van der Waals surface area contributed by atoms with Crippen LogP contribution in [0.2, 0.25) is 0 Å². The van der Waals surface area contributed by atoms with E-state index >= 15 is 0 Å². The minimum atomic E-state index is -0.669. The van der Waals surface area contributed by atoms with E-state index in [1.165, 1.54) is 12.1 Å². The number of nitrogens with one attached hydrogen (secondary N) is 1. The lowest BCUT2D eigenvalue weighted by Gasteiger charge is -2.10. The van der Waals surface area contributed by atoms with Crippen LogP contribution in [0, 0.1) is 11.6 Å². The zero-order valence-corrected chi connectivity index (χ0v) is 10.1. The van der Waals surface area contributed by atoms with Crippen LogP contribution in [-0.2, 0) is 6.54 Å². The van der Waals surface area contributed by atoms with Crippen LogP contribution in [0.3, 0.4) is 0 Å². The van der Waals surface area contributed by atoms with Crippen molar-refractivity contribution in [2.45, 2.75) is 19.9 Å². The summed E-state index contributed by atoms with van der Waals surface area (Å²) in [5.41, 5.74) is 1.47. The number of hydrogen-bond donors (Lipinski definition) is 1. The molecule has 1 aromatic carbocycles. The highest BCUT2D eigenvalue weighted by Crippen LogP contribution is 2.23. The molecule has 1 rings (SSSR count). The lowest BCUT2D eigenvalue weighted by Crippen LogP contribution is -2.07. The minimum absolute atomic E-state index is 0.231. The molecule has 1 N–H and O–H groups in total. The number of benzene rings is 1. The van der Waals surface area contributed by atoms with Crippen molar-refractivity contribution >= 4 is 0 Å². The second-order valence-corrected chi connectivity index (χ2v) is 3.97. The third-order valence-electron chi connectivity index (χ3n) is 2.21. The van der Waals surface area contributed by atoms with Crippen molar-refractivity contribution in [2.24, 2.45) is 0 Å². The van der Waals surface area contributed by atoms with Gasteiger partial charge >= 0.3 is 0 Å². The number of hydrogen-bond acceptors (Lipinski definition) is 2. The molecule has 1 aromatic rings. The highest BCUT2D eigenvalue weighted by atomic mass is 19.1. The normalized spacial score (nSPS) is 10.4. The maximum absolute atomic E-state index is 13.5. The van der Waals surface area contributed by atoms with E-state index in [9.17, 15) is 8.78 Å². The summed E-state index contributed by atoms with van der Waals surface area (Å²) < 4.78 is 32.2. The van der Waals surface area contributed by atoms with Crippen LogP contribution in [0.1, 0.15) is 18.9 Å². The van der Waals surface area contributed by atoms with Gasteiger partial charge in [-0.3, -0.25) is 0 Å². The summed E-state index contributed by atoms with van der Waals surface area (Å²) in [5, 5.41) is 2.83. The Hall–Kier alpha value is -1.42. The Morgan fingerprint density at radius 3 is 2.41 bits per heavy atom. The van der Waals surface area contributed by atoms with Crippen LogP contribution in [0.15, 0.2) is 24.3 Å². The molecule has 0 aliphatic heterocycles. The van der Waals surface area contributed by atoms with Gasteiger partial charge in [-0.05, 0) is 31.7 Å². The number of ether oxygens (including phenoxy) is 1. The third kappa shape index (κ3) is 4.15. The average molecular weight is 241 g/mol. The van der Waals surface area contributed by atoms with Gasteiger partial charge in [-0.25, -0.2) is 8.78 Å². The van der Waals surface area contributed by atoms with Gasteiger partial charge in [0.05, 0.1) is 6.61 Å². The summed E-state index contributed by atoms with van der Waals surface area (Å²) >= 11 is 0. The Kier molecular flexibility index (Phi) is 5.10. The van der Waals surface area contributed by atoms with Gasteiger partial charge in [0, 0.05) is 13.0 Å². The van der Waals surface area contributed by atoms with Crippen LogP contribution >= 0.6 is 0 Å². The Morgan fingerprint density at radius 2 is 1.94 bits per heavy atom. The zero-order chi connectivity index (χ0) is 12.8. The van der Waals surface area contributed by atoms with Gasteiger partial charge in [-0.15, -0.1) is 6.58 Å². The largest absolute Gasteiger partial charge is 0.487 e. The van der Waals surface area contributed by atoms with Crippen molar-refractivity contribution < 1.29 is 13.5 Å². The molecule has 0 atom stereocenters. The van der Waals surface area contributed by atoms with Gasteiger partial charge in [-0.2, -0.15) is 0 Å². The standard InChI is InChI=1S/C13H17F2NO/c1-9(2)4-5-17-13-11(14)6-10(8-16-3)7-12(13)15/h6-7,16H,1,4-5,8H2,2-3H3. The molecular weight excluding hydrogens is 224 g/mol. The minimum Gasteiger partial charge on any atom is -0.487 e. The molecule has 0 aromatic heterocycles. The van der Waals surface area contributed by atoms with Crippen LogP contribution in [-0.4, -0.2) is 13.7 Å². The topological polar surface area (TPSA) is 21.3 Å². The van der Waals surface area contributed by atoms with Crippen molar-refractivity contribution in [2.75, 3.05) is 13.7 Å². The first kappa shape index (κ1) is 13.6. The van der Waals surface area contributed by atoms with Gasteiger partial charge < -0.3 is 10.1 Å². The van der Waals surface area contributed by atoms with Crippen molar-refractivity contribution in [1.29, 1.82) is 0 Å². The Labute approximate surface area is 100 Å². The lowest BCUT2D eigenvalue weighted by molar-refractivity contribution is 0.288. The predicted molar refractivity (Wildman–Crippen MR) is 64.0 cm³/mol. The van der Waals surface area contributed by atoms with Crippen LogP contribution < -0.4 is 10.1 Å². The third-order valence-corrected chi connectivity index (χ3v) is 2.21. The van der Waals surface area contributed by atoms with E-state index in [1.54, 1.807) is 7.05 Å². The summed E-state index contributed by atoms with van der Waals surface area (Å²) in [6, 6.07) is 2.55. The molecule has 0 aliphatic carbocycles. The first-order valence-corrected chi connectivity index (χ1v) is 5.44. The molecule has 0 spiro atoms. The molecule has 0 unspecified atom stereocenters. The van der Waals surface area contributed by atoms with E-state index in [1.807, 2.05) is 6.92 Å². The second-order valence-electron chi connectivity index (χ2n) is 3.97. The molecule has 0 fully saturated rings. The highest BCUT2D eigenvalue weighted by molar-refractivity contribution is 5.31. The van der Waals surface area contributed by atoms with Gasteiger partial charge in [0.25, 0.3) is 0 Å². The average Bonchev–Trinajstić information content (AvgIpc) is 2.22. The van der Waals surface area contributed by atoms with Gasteiger partial charge in [-0.1, -0.05) is 5.57 Å². The van der Waals surface area contributed by atoms with E-state index in [2.05, 4.69) is 11.9 Å². The molecule has 0 amide bonds. The van der Waals surface area contributed by atoms with Crippen LogP contribution in [0.4, 0.5) is 8.78 Å². The van der Waals surface area contributed by atoms with Crippen molar-refractivity contribution in [3.63, 3.8) is 0 Å². The van der Waals surface area contributed by atoms with Crippen LogP contribution in [0.5, 0.6) is 5.75 Å². The summed E-state index contributed by atoms with van der Waals surface area (Å²) in [7, 11) is 1.72. The van der Waals surface area contributed by atoms with Crippen molar-refractivity contribution in [3.05, 3.63) is 41.5 Å². The molecule has 2 nitrogen and oxygen atoms in total. The fraction of sp³-hybridized carbons (Fsp3) is 0.385. The number of halogens is 2. The molecule has 94 valence electrons. The molecule has 0 saturated carbocycles. The Bertz CT molecular complexity index is 381. The maximum Gasteiger partial charge on any atom is 0.190 e. The lowest BCUT2D eigenvalue weighted by atomic mass is 10.2. The van der Waals surface area contributed by atoms with E-state index < -0.39 is 11.6 Å². The summed E-state index contributed by atoms with van der Waals surface area (Å²) in [4.78, 5) is 0. The summed E-state index contributed by atoms with van der Waals surface area (Å²) in [5.74, 6) is -1.65. The first-order valence-electron chi connectivity index (χ1n) is 5.44. The molecule has 0 aliphatic rings. The van der Waals surface area contributed by atoms with Crippen molar-refractivity contribution in [1.82, 2.24) is 5.32 Å². The van der Waals surface area contributed by atoms with Gasteiger partial charge in [0.1, 0.15) is 0 Å².